The molecule has 6 nitrogen and oxygen atoms in total. The lowest BCUT2D eigenvalue weighted by atomic mass is 10.1. The number of likely N-dealkylation sites (N-methyl/N-ethyl adjacent to an activating group) is 1. The van der Waals surface area contributed by atoms with Crippen LogP contribution >= 0.6 is 11.3 Å². The number of ether oxygens (including phenoxy) is 2. The summed E-state index contributed by atoms with van der Waals surface area (Å²) in [6.45, 7) is 9.76. The Hall–Kier alpha value is -2.64. The van der Waals surface area contributed by atoms with Crippen molar-refractivity contribution < 1.29 is 14.3 Å². The van der Waals surface area contributed by atoms with Crippen LogP contribution in [0.1, 0.15) is 29.8 Å². The van der Waals surface area contributed by atoms with Gasteiger partial charge in [-0.15, -0.1) is 0 Å². The van der Waals surface area contributed by atoms with Crippen molar-refractivity contribution in [2.45, 2.75) is 20.8 Å². The van der Waals surface area contributed by atoms with Gasteiger partial charge in [0.1, 0.15) is 0 Å². The van der Waals surface area contributed by atoms with Crippen LogP contribution in [0.25, 0.3) is 10.2 Å². The van der Waals surface area contributed by atoms with E-state index in [0.29, 0.717) is 23.6 Å². The molecule has 0 N–H and O–H groups in total. The molecule has 1 aliphatic rings. The van der Waals surface area contributed by atoms with E-state index in [0.717, 1.165) is 40.5 Å². The molecule has 7 heteroatoms. The third-order valence-corrected chi connectivity index (χ3v) is 6.28. The fourth-order valence-corrected chi connectivity index (χ4v) is 4.51. The van der Waals surface area contributed by atoms with Crippen LogP contribution in [-0.4, -0.2) is 48.8 Å². The Morgan fingerprint density at radius 2 is 1.90 bits per heavy atom. The molecule has 152 valence electrons. The highest BCUT2D eigenvalue weighted by atomic mass is 32.1. The van der Waals surface area contributed by atoms with Crippen LogP contribution in [-0.2, 0) is 0 Å². The van der Waals surface area contributed by atoms with Crippen molar-refractivity contribution >= 4 is 32.6 Å². The van der Waals surface area contributed by atoms with E-state index in [1.165, 1.54) is 0 Å². The molecule has 0 saturated carbocycles. The summed E-state index contributed by atoms with van der Waals surface area (Å²) in [6, 6.07) is 11.5. The van der Waals surface area contributed by atoms with Crippen LogP contribution < -0.4 is 14.4 Å². The Morgan fingerprint density at radius 3 is 2.66 bits per heavy atom. The summed E-state index contributed by atoms with van der Waals surface area (Å²) in [5.41, 5.74) is 2.65. The number of aryl methyl sites for hydroxylation is 1. The minimum absolute atomic E-state index is 0.0767. The molecule has 29 heavy (non-hydrogen) atoms. The standard InChI is InChI=1S/C22H25N3O3S/c1-4-24(5-2)11-12-25(22-23-20-15(3)7-6-8-19(20)29-22)21(26)16-9-10-17-18(13-16)28-14-27-17/h6-10,13H,4-5,11-12,14H2,1-3H3. The number of para-hydroxylation sites is 1. The summed E-state index contributed by atoms with van der Waals surface area (Å²) in [7, 11) is 0. The highest BCUT2D eigenvalue weighted by Crippen LogP contribution is 2.35. The molecular weight excluding hydrogens is 386 g/mol. The zero-order chi connectivity index (χ0) is 20.4. The average molecular weight is 412 g/mol. The smallest absolute Gasteiger partial charge is 0.260 e. The predicted molar refractivity (Wildman–Crippen MR) is 116 cm³/mol. The second-order valence-corrected chi connectivity index (χ2v) is 7.98. The summed E-state index contributed by atoms with van der Waals surface area (Å²) in [4.78, 5) is 22.4. The molecule has 2 heterocycles. The van der Waals surface area contributed by atoms with Crippen molar-refractivity contribution in [1.82, 2.24) is 9.88 Å². The second kappa shape index (κ2) is 8.39. The molecule has 0 aliphatic carbocycles. The van der Waals surface area contributed by atoms with E-state index in [-0.39, 0.29) is 12.7 Å². The van der Waals surface area contributed by atoms with E-state index in [1.54, 1.807) is 34.4 Å². The van der Waals surface area contributed by atoms with E-state index < -0.39 is 0 Å². The number of hydrogen-bond acceptors (Lipinski definition) is 6. The topological polar surface area (TPSA) is 54.9 Å². The number of nitrogens with zero attached hydrogens (tertiary/aromatic N) is 3. The Morgan fingerprint density at radius 1 is 1.10 bits per heavy atom. The first kappa shape index (κ1) is 19.7. The van der Waals surface area contributed by atoms with Gasteiger partial charge in [0.05, 0.1) is 10.2 Å². The van der Waals surface area contributed by atoms with Crippen LogP contribution in [0.5, 0.6) is 11.5 Å². The highest BCUT2D eigenvalue weighted by molar-refractivity contribution is 7.22. The van der Waals surface area contributed by atoms with Gasteiger partial charge in [-0.25, -0.2) is 4.98 Å². The zero-order valence-electron chi connectivity index (χ0n) is 17.0. The van der Waals surface area contributed by atoms with Crippen molar-refractivity contribution in [3.05, 3.63) is 47.5 Å². The lowest BCUT2D eigenvalue weighted by molar-refractivity contribution is 0.0983. The van der Waals surface area contributed by atoms with Gasteiger partial charge in [0, 0.05) is 18.7 Å². The van der Waals surface area contributed by atoms with Gasteiger partial charge in [-0.1, -0.05) is 37.3 Å². The third kappa shape index (κ3) is 3.93. The van der Waals surface area contributed by atoms with Crippen LogP contribution in [0.15, 0.2) is 36.4 Å². The molecule has 0 fully saturated rings. The minimum atomic E-state index is -0.0767. The quantitative estimate of drug-likeness (QED) is 0.579. The predicted octanol–water partition coefficient (Wildman–Crippen LogP) is 4.32. The van der Waals surface area contributed by atoms with Gasteiger partial charge in [0.25, 0.3) is 5.91 Å². The van der Waals surface area contributed by atoms with Crippen LogP contribution in [0.2, 0.25) is 0 Å². The van der Waals surface area contributed by atoms with Crippen molar-refractivity contribution in [2.75, 3.05) is 37.9 Å². The average Bonchev–Trinajstić information content (AvgIpc) is 3.38. The first-order valence-electron chi connectivity index (χ1n) is 9.90. The third-order valence-electron chi connectivity index (χ3n) is 5.24. The molecule has 1 amide bonds. The number of thiazole rings is 1. The van der Waals surface area contributed by atoms with Crippen molar-refractivity contribution in [1.29, 1.82) is 0 Å². The molecule has 0 unspecified atom stereocenters. The lowest BCUT2D eigenvalue weighted by Gasteiger charge is -2.24. The normalized spacial score (nSPS) is 12.7. The molecule has 0 saturated heterocycles. The molecule has 1 aliphatic heterocycles. The summed E-state index contributed by atoms with van der Waals surface area (Å²) < 4.78 is 11.9. The molecule has 4 rings (SSSR count). The maximum atomic E-state index is 13.5. The maximum Gasteiger partial charge on any atom is 0.260 e. The van der Waals surface area contributed by atoms with Crippen molar-refractivity contribution in [2.24, 2.45) is 0 Å². The number of fused-ring (bicyclic) bond motifs is 2. The fourth-order valence-electron chi connectivity index (χ4n) is 3.44. The number of rotatable bonds is 7. The lowest BCUT2D eigenvalue weighted by Crippen LogP contribution is -2.38. The SMILES string of the molecule is CCN(CC)CCN(C(=O)c1ccc2c(c1)OCO2)c1nc2c(C)cccc2s1. The Labute approximate surface area is 174 Å². The molecule has 3 aromatic rings. The van der Waals surface area contributed by atoms with Crippen LogP contribution in [0.4, 0.5) is 5.13 Å². The number of aromatic nitrogens is 1. The van der Waals surface area contributed by atoms with E-state index in [2.05, 4.69) is 24.8 Å². The second-order valence-electron chi connectivity index (χ2n) is 6.97. The maximum absolute atomic E-state index is 13.5. The first-order valence-corrected chi connectivity index (χ1v) is 10.7. The molecular formula is C22H25N3O3S. The van der Waals surface area contributed by atoms with Crippen molar-refractivity contribution in [3.8, 4) is 11.5 Å². The number of carbonyl (C=O) groups is 1. The summed E-state index contributed by atoms with van der Waals surface area (Å²) in [5.74, 6) is 1.21. The van der Waals surface area contributed by atoms with E-state index in [1.807, 2.05) is 19.1 Å². The number of hydrogen-bond donors (Lipinski definition) is 0. The monoisotopic (exact) mass is 411 g/mol. The van der Waals surface area contributed by atoms with Gasteiger partial charge in [-0.2, -0.15) is 0 Å². The number of carbonyl (C=O) groups excluding carboxylic acids is 1. The Bertz CT molecular complexity index is 1030. The van der Waals surface area contributed by atoms with Gasteiger partial charge in [0.15, 0.2) is 16.6 Å². The minimum Gasteiger partial charge on any atom is -0.454 e. The fraction of sp³-hybridized carbons (Fsp3) is 0.364. The summed E-state index contributed by atoms with van der Waals surface area (Å²) >= 11 is 1.55. The number of amides is 1. The van der Waals surface area contributed by atoms with E-state index in [4.69, 9.17) is 14.5 Å². The Balaban J connectivity index is 1.68. The van der Waals surface area contributed by atoms with E-state index >= 15 is 0 Å². The van der Waals surface area contributed by atoms with Gasteiger partial charge in [-0.3, -0.25) is 9.69 Å². The zero-order valence-corrected chi connectivity index (χ0v) is 17.8. The van der Waals surface area contributed by atoms with Gasteiger partial charge < -0.3 is 14.4 Å². The molecule has 2 aromatic carbocycles. The van der Waals surface area contributed by atoms with Crippen molar-refractivity contribution in [3.63, 3.8) is 0 Å². The molecule has 1 aromatic heterocycles. The van der Waals surface area contributed by atoms with E-state index in [9.17, 15) is 4.79 Å². The molecule has 0 radical (unpaired) electrons. The summed E-state index contributed by atoms with van der Waals surface area (Å²) in [5, 5.41) is 0.726. The van der Waals surface area contributed by atoms with Crippen LogP contribution in [0.3, 0.4) is 0 Å². The summed E-state index contributed by atoms with van der Waals surface area (Å²) in [6.07, 6.45) is 0. The largest absolute Gasteiger partial charge is 0.454 e. The van der Waals surface area contributed by atoms with Gasteiger partial charge >= 0.3 is 0 Å². The molecule has 0 atom stereocenters. The first-order chi connectivity index (χ1) is 14.1. The van der Waals surface area contributed by atoms with Gasteiger partial charge in [-0.05, 0) is 49.8 Å². The highest BCUT2D eigenvalue weighted by Gasteiger charge is 2.24. The molecule has 0 spiro atoms. The number of anilines is 1. The Kier molecular flexibility index (Phi) is 5.69. The number of benzene rings is 2. The van der Waals surface area contributed by atoms with Crippen LogP contribution in [0, 0.1) is 6.92 Å². The molecule has 0 bridgehead atoms. The van der Waals surface area contributed by atoms with Gasteiger partial charge in [0.2, 0.25) is 6.79 Å².